The van der Waals surface area contributed by atoms with Crippen molar-refractivity contribution in [2.24, 2.45) is 0 Å². The van der Waals surface area contributed by atoms with Crippen LogP contribution in [-0.4, -0.2) is 34.2 Å². The van der Waals surface area contributed by atoms with Crippen molar-refractivity contribution in [3.05, 3.63) is 82.4 Å². The maximum absolute atomic E-state index is 12.3. The van der Waals surface area contributed by atoms with E-state index < -0.39 is 11.9 Å². The van der Waals surface area contributed by atoms with Crippen LogP contribution in [0.3, 0.4) is 0 Å². The predicted octanol–water partition coefficient (Wildman–Crippen LogP) is 4.10. The van der Waals surface area contributed by atoms with Crippen molar-refractivity contribution in [2.75, 3.05) is 12.4 Å². The first-order valence-corrected chi connectivity index (χ1v) is 10.4. The summed E-state index contributed by atoms with van der Waals surface area (Å²) in [6.07, 6.45) is 2.89. The van der Waals surface area contributed by atoms with Crippen LogP contribution in [0.5, 0.6) is 5.75 Å². The first-order chi connectivity index (χ1) is 15.6. The lowest BCUT2D eigenvalue weighted by atomic mass is 10.2. The molecule has 0 saturated carbocycles. The third-order valence-corrected chi connectivity index (χ3v) is 5.25. The number of fused-ring (bicyclic) bond motifs is 1. The molecule has 0 aliphatic rings. The molecule has 0 radical (unpaired) electrons. The average molecular weight is 446 g/mol. The highest BCUT2D eigenvalue weighted by molar-refractivity contribution is 7.13. The molecule has 32 heavy (non-hydrogen) atoms. The normalized spacial score (nSPS) is 10.9. The number of para-hydroxylation sites is 1. The fourth-order valence-corrected chi connectivity index (χ4v) is 3.42. The molecule has 0 unspecified atom stereocenters. The Kier molecular flexibility index (Phi) is 6.47. The molecular formula is C23H18N4O4S. The molecule has 160 valence electrons. The van der Waals surface area contributed by atoms with Gasteiger partial charge in [-0.15, -0.1) is 10.2 Å². The second-order valence-electron chi connectivity index (χ2n) is 6.55. The lowest BCUT2D eigenvalue weighted by Crippen LogP contribution is -2.11. The summed E-state index contributed by atoms with van der Waals surface area (Å²) >= 11 is 1.05. The first-order valence-electron chi connectivity index (χ1n) is 9.59. The molecule has 0 spiro atoms. The molecule has 0 atom stereocenters. The van der Waals surface area contributed by atoms with Crippen LogP contribution >= 0.6 is 11.3 Å². The van der Waals surface area contributed by atoms with E-state index in [1.165, 1.54) is 6.08 Å². The molecule has 4 rings (SSSR count). The summed E-state index contributed by atoms with van der Waals surface area (Å²) in [7, 11) is 1.57. The van der Waals surface area contributed by atoms with Crippen molar-refractivity contribution in [1.82, 2.24) is 15.2 Å². The Morgan fingerprint density at radius 1 is 1.03 bits per heavy atom. The zero-order valence-electron chi connectivity index (χ0n) is 17.0. The number of carbonyl (C=O) groups excluding carboxylic acids is 2. The van der Waals surface area contributed by atoms with Gasteiger partial charge >= 0.3 is 5.97 Å². The number of aromatic nitrogens is 3. The fraction of sp³-hybridized carbons (Fsp3) is 0.0870. The highest BCUT2D eigenvalue weighted by Gasteiger charge is 2.14. The number of rotatable bonds is 7. The van der Waals surface area contributed by atoms with Gasteiger partial charge in [0.1, 0.15) is 12.4 Å². The van der Waals surface area contributed by atoms with Gasteiger partial charge in [0.25, 0.3) is 5.91 Å². The molecule has 1 N–H and O–H groups in total. The fourth-order valence-electron chi connectivity index (χ4n) is 2.77. The number of anilines is 1. The van der Waals surface area contributed by atoms with Crippen LogP contribution in [0.15, 0.2) is 66.7 Å². The minimum absolute atomic E-state index is 0.0815. The maximum Gasteiger partial charge on any atom is 0.331 e. The molecule has 0 saturated heterocycles. The largest absolute Gasteiger partial charge is 0.497 e. The van der Waals surface area contributed by atoms with Crippen LogP contribution < -0.4 is 10.1 Å². The Hall–Kier alpha value is -4.11. The van der Waals surface area contributed by atoms with Crippen molar-refractivity contribution < 1.29 is 19.1 Å². The Bertz CT molecular complexity index is 1280. The van der Waals surface area contributed by atoms with Crippen LogP contribution in [0.4, 0.5) is 5.69 Å². The number of nitrogens with zero attached hydrogens (tertiary/aromatic N) is 3. The van der Waals surface area contributed by atoms with E-state index in [9.17, 15) is 9.59 Å². The number of hydrogen-bond acceptors (Lipinski definition) is 8. The zero-order valence-corrected chi connectivity index (χ0v) is 17.8. The van der Waals surface area contributed by atoms with E-state index in [4.69, 9.17) is 9.47 Å². The number of benzene rings is 2. The monoisotopic (exact) mass is 446 g/mol. The Labute approximate surface area is 187 Å². The van der Waals surface area contributed by atoms with Gasteiger partial charge in [-0.25, -0.2) is 9.78 Å². The van der Waals surface area contributed by atoms with Crippen LogP contribution in [0.25, 0.3) is 17.0 Å². The second-order valence-corrected chi connectivity index (χ2v) is 7.62. The molecule has 4 aromatic rings. The lowest BCUT2D eigenvalue weighted by molar-refractivity contribution is -0.138. The molecule has 8 nitrogen and oxygen atoms in total. The van der Waals surface area contributed by atoms with Crippen molar-refractivity contribution in [1.29, 1.82) is 0 Å². The summed E-state index contributed by atoms with van der Waals surface area (Å²) in [5.74, 6) is -0.250. The topological polar surface area (TPSA) is 103 Å². The van der Waals surface area contributed by atoms with Gasteiger partial charge in [-0.3, -0.25) is 4.79 Å². The third-order valence-electron chi connectivity index (χ3n) is 4.36. The molecule has 0 bridgehead atoms. The molecule has 1 amide bonds. The molecule has 2 aromatic carbocycles. The predicted molar refractivity (Wildman–Crippen MR) is 121 cm³/mol. The summed E-state index contributed by atoms with van der Waals surface area (Å²) < 4.78 is 10.3. The Morgan fingerprint density at radius 3 is 2.66 bits per heavy atom. The molecule has 0 fully saturated rings. The number of ether oxygens (including phenoxy) is 2. The van der Waals surface area contributed by atoms with Crippen molar-refractivity contribution in [2.45, 2.75) is 6.61 Å². The van der Waals surface area contributed by atoms with Gasteiger partial charge in [-0.1, -0.05) is 35.6 Å². The van der Waals surface area contributed by atoms with Crippen molar-refractivity contribution in [3.8, 4) is 5.75 Å². The molecule has 0 aliphatic heterocycles. The van der Waals surface area contributed by atoms with Gasteiger partial charge in [0.2, 0.25) is 5.01 Å². The minimum Gasteiger partial charge on any atom is -0.497 e. The van der Waals surface area contributed by atoms with Crippen LogP contribution in [-0.2, 0) is 16.1 Å². The van der Waals surface area contributed by atoms with Gasteiger partial charge in [0.05, 0.1) is 18.3 Å². The van der Waals surface area contributed by atoms with E-state index >= 15 is 0 Å². The molecular weight excluding hydrogens is 428 g/mol. The van der Waals surface area contributed by atoms with Gasteiger partial charge in [-0.05, 0) is 42.5 Å². The van der Waals surface area contributed by atoms with E-state index in [2.05, 4.69) is 20.5 Å². The summed E-state index contributed by atoms with van der Waals surface area (Å²) in [5.41, 5.74) is 2.10. The van der Waals surface area contributed by atoms with E-state index in [0.717, 1.165) is 22.2 Å². The number of amides is 1. The number of hydrogen-bond donors (Lipinski definition) is 1. The quantitative estimate of drug-likeness (QED) is 0.337. The number of esters is 1. The summed E-state index contributed by atoms with van der Waals surface area (Å²) in [6.45, 7) is -0.0815. The zero-order chi connectivity index (χ0) is 22.3. The first kappa shape index (κ1) is 21.1. The maximum atomic E-state index is 12.3. The smallest absolute Gasteiger partial charge is 0.331 e. The summed E-state index contributed by atoms with van der Waals surface area (Å²) in [4.78, 5) is 28.8. The minimum atomic E-state index is -0.542. The lowest BCUT2D eigenvalue weighted by Gasteiger charge is -2.03. The van der Waals surface area contributed by atoms with E-state index in [1.807, 2.05) is 36.4 Å². The van der Waals surface area contributed by atoms with E-state index in [0.29, 0.717) is 22.1 Å². The molecule has 2 aromatic heterocycles. The number of nitrogens with one attached hydrogen (secondary N) is 1. The molecule has 9 heteroatoms. The van der Waals surface area contributed by atoms with Crippen molar-refractivity contribution in [3.63, 3.8) is 0 Å². The molecule has 0 aliphatic carbocycles. The van der Waals surface area contributed by atoms with E-state index in [-0.39, 0.29) is 11.6 Å². The third kappa shape index (κ3) is 5.32. The standard InChI is InChI=1S/C23H18N4O4S/c1-30-18-11-8-17(9-12-18)25-22(29)23-27-26-20(32-23)14-31-21(28)13-10-16-7-6-15-4-2-3-5-19(15)24-16/h2-13H,14H2,1H3,(H,25,29)/b13-10+. The van der Waals surface area contributed by atoms with Gasteiger partial charge in [0, 0.05) is 17.1 Å². The highest BCUT2D eigenvalue weighted by Crippen LogP contribution is 2.18. The second kappa shape index (κ2) is 9.80. The van der Waals surface area contributed by atoms with Gasteiger partial charge in [-0.2, -0.15) is 0 Å². The van der Waals surface area contributed by atoms with E-state index in [1.54, 1.807) is 37.5 Å². The van der Waals surface area contributed by atoms with Gasteiger partial charge in [0.15, 0.2) is 5.01 Å². The van der Waals surface area contributed by atoms with Crippen LogP contribution in [0.1, 0.15) is 20.5 Å². The average Bonchev–Trinajstić information content (AvgIpc) is 3.31. The SMILES string of the molecule is COc1ccc(NC(=O)c2nnc(COC(=O)/C=C/c3ccc4ccccc4n3)s2)cc1. The summed E-state index contributed by atoms with van der Waals surface area (Å²) in [6, 6.07) is 18.4. The van der Waals surface area contributed by atoms with Crippen molar-refractivity contribution >= 4 is 45.9 Å². The van der Waals surface area contributed by atoms with Gasteiger partial charge < -0.3 is 14.8 Å². The number of carbonyl (C=O) groups is 2. The number of methoxy groups -OCH3 is 1. The highest BCUT2D eigenvalue weighted by atomic mass is 32.1. The Balaban J connectivity index is 1.30. The van der Waals surface area contributed by atoms with Crippen LogP contribution in [0, 0.1) is 0 Å². The molecule has 2 heterocycles. The number of pyridine rings is 1. The van der Waals surface area contributed by atoms with Crippen LogP contribution in [0.2, 0.25) is 0 Å². The summed E-state index contributed by atoms with van der Waals surface area (Å²) in [5, 5.41) is 12.1. The Morgan fingerprint density at radius 2 is 1.84 bits per heavy atom.